The van der Waals surface area contributed by atoms with Crippen LogP contribution in [0.4, 0.5) is 5.95 Å². The smallest absolute Gasteiger partial charge is 0.329 e. The number of carbonyl (C=O) groups excluding carboxylic acids is 2. The molecule has 2 heterocycles. The Labute approximate surface area is 134 Å². The fraction of sp³-hybridized carbons (Fsp3) is 0.294. The number of hydrogen-bond acceptors (Lipinski definition) is 6. The fourth-order valence-electron chi connectivity index (χ4n) is 2.63. The third-order valence-electron chi connectivity index (χ3n) is 3.78. The molecule has 0 saturated carbocycles. The highest BCUT2D eigenvalue weighted by atomic mass is 16.5. The molecule has 23 heavy (non-hydrogen) atoms. The van der Waals surface area contributed by atoms with Crippen LogP contribution in [0.3, 0.4) is 0 Å². The number of carbonyl (C=O) groups is 2. The molecule has 1 fully saturated rings. The van der Waals surface area contributed by atoms with Gasteiger partial charge in [0.05, 0.1) is 0 Å². The average molecular weight is 311 g/mol. The van der Waals surface area contributed by atoms with Crippen molar-refractivity contribution in [1.29, 1.82) is 0 Å². The summed E-state index contributed by atoms with van der Waals surface area (Å²) < 4.78 is 5.21. The van der Waals surface area contributed by atoms with Crippen molar-refractivity contribution in [1.82, 2.24) is 9.97 Å². The predicted octanol–water partition coefficient (Wildman–Crippen LogP) is 1.87. The molecular formula is C17H17N3O3. The minimum atomic E-state index is -0.430. The highest BCUT2D eigenvalue weighted by molar-refractivity contribution is 5.98. The Bertz CT molecular complexity index is 676. The van der Waals surface area contributed by atoms with E-state index in [1.54, 1.807) is 42.7 Å². The van der Waals surface area contributed by atoms with E-state index in [2.05, 4.69) is 9.97 Å². The summed E-state index contributed by atoms with van der Waals surface area (Å²) in [7, 11) is 0. The van der Waals surface area contributed by atoms with Crippen LogP contribution < -0.4 is 4.90 Å². The molecule has 0 spiro atoms. The lowest BCUT2D eigenvalue weighted by atomic mass is 10.1. The molecule has 3 rings (SSSR count). The first-order chi connectivity index (χ1) is 11.3. The maximum atomic E-state index is 12.3. The number of ketones is 1. The summed E-state index contributed by atoms with van der Waals surface area (Å²) in [6.07, 6.45) is 4.82. The van der Waals surface area contributed by atoms with Crippen LogP contribution >= 0.6 is 0 Å². The molecular weight excluding hydrogens is 294 g/mol. The fourth-order valence-corrected chi connectivity index (χ4v) is 2.63. The standard InChI is InChI=1S/C17H17N3O3/c21-15(13-6-2-1-3-7-13)12-23-16(22)14-8-4-11-20(14)17-18-9-5-10-19-17/h1-3,5-7,9-10,14H,4,8,11-12H2. The molecule has 6 heteroatoms. The van der Waals surface area contributed by atoms with Gasteiger partial charge in [0, 0.05) is 24.5 Å². The Morgan fingerprint density at radius 1 is 1.13 bits per heavy atom. The van der Waals surface area contributed by atoms with E-state index < -0.39 is 12.0 Å². The number of ether oxygens (including phenoxy) is 1. The van der Waals surface area contributed by atoms with Gasteiger partial charge in [-0.1, -0.05) is 30.3 Å². The number of benzene rings is 1. The second-order valence-electron chi connectivity index (χ2n) is 5.30. The van der Waals surface area contributed by atoms with Crippen molar-refractivity contribution >= 4 is 17.7 Å². The van der Waals surface area contributed by atoms with Crippen LogP contribution in [-0.2, 0) is 9.53 Å². The molecule has 0 N–H and O–H groups in total. The Hall–Kier alpha value is -2.76. The van der Waals surface area contributed by atoms with Crippen molar-refractivity contribution in [3.8, 4) is 0 Å². The van der Waals surface area contributed by atoms with E-state index in [0.29, 0.717) is 24.5 Å². The molecule has 1 atom stereocenters. The topological polar surface area (TPSA) is 72.4 Å². The summed E-state index contributed by atoms with van der Waals surface area (Å²) in [5.41, 5.74) is 0.537. The molecule has 2 aromatic rings. The van der Waals surface area contributed by atoms with Crippen LogP contribution in [0.25, 0.3) is 0 Å². The van der Waals surface area contributed by atoms with Crippen LogP contribution in [-0.4, -0.2) is 40.9 Å². The third-order valence-corrected chi connectivity index (χ3v) is 3.78. The van der Waals surface area contributed by atoms with E-state index in [-0.39, 0.29) is 12.4 Å². The van der Waals surface area contributed by atoms with Gasteiger partial charge >= 0.3 is 5.97 Å². The summed E-state index contributed by atoms with van der Waals surface area (Å²) in [6.45, 7) is 0.458. The monoisotopic (exact) mass is 311 g/mol. The van der Waals surface area contributed by atoms with Gasteiger partial charge in [-0.25, -0.2) is 14.8 Å². The minimum Gasteiger partial charge on any atom is -0.456 e. The van der Waals surface area contributed by atoms with Gasteiger partial charge in [0.25, 0.3) is 0 Å². The van der Waals surface area contributed by atoms with Crippen LogP contribution in [0.15, 0.2) is 48.8 Å². The molecule has 1 saturated heterocycles. The molecule has 0 amide bonds. The molecule has 1 aromatic carbocycles. The van der Waals surface area contributed by atoms with Gasteiger partial charge < -0.3 is 9.64 Å². The Morgan fingerprint density at radius 3 is 2.61 bits per heavy atom. The van der Waals surface area contributed by atoms with E-state index in [9.17, 15) is 9.59 Å². The zero-order valence-electron chi connectivity index (χ0n) is 12.6. The maximum absolute atomic E-state index is 12.3. The first-order valence-corrected chi connectivity index (χ1v) is 7.54. The van der Waals surface area contributed by atoms with E-state index >= 15 is 0 Å². The van der Waals surface area contributed by atoms with Crippen LogP contribution in [0.2, 0.25) is 0 Å². The lowest BCUT2D eigenvalue weighted by molar-refractivity contribution is -0.143. The summed E-state index contributed by atoms with van der Waals surface area (Å²) in [5, 5.41) is 0. The van der Waals surface area contributed by atoms with Gasteiger partial charge in [-0.3, -0.25) is 4.79 Å². The molecule has 1 aliphatic rings. The molecule has 1 unspecified atom stereocenters. The lowest BCUT2D eigenvalue weighted by Crippen LogP contribution is -2.39. The highest BCUT2D eigenvalue weighted by Crippen LogP contribution is 2.22. The summed E-state index contributed by atoms with van der Waals surface area (Å²) in [4.78, 5) is 34.5. The molecule has 118 valence electrons. The third kappa shape index (κ3) is 3.53. The maximum Gasteiger partial charge on any atom is 0.329 e. The molecule has 1 aromatic heterocycles. The Balaban J connectivity index is 1.60. The largest absolute Gasteiger partial charge is 0.456 e. The summed E-state index contributed by atoms with van der Waals surface area (Å²) in [6, 6.07) is 10.1. The van der Waals surface area contributed by atoms with Crippen molar-refractivity contribution in [2.75, 3.05) is 18.1 Å². The summed E-state index contributed by atoms with van der Waals surface area (Å²) in [5.74, 6) is -0.0972. The molecule has 0 aliphatic carbocycles. The Morgan fingerprint density at radius 2 is 1.87 bits per heavy atom. The summed E-state index contributed by atoms with van der Waals surface area (Å²) >= 11 is 0. The van der Waals surface area contributed by atoms with E-state index in [1.165, 1.54) is 0 Å². The number of Topliss-reactive ketones (excluding diaryl/α,β-unsaturated/α-hetero) is 1. The van der Waals surface area contributed by atoms with Gasteiger partial charge in [0.15, 0.2) is 12.4 Å². The van der Waals surface area contributed by atoms with E-state index in [4.69, 9.17) is 4.74 Å². The van der Waals surface area contributed by atoms with Crippen molar-refractivity contribution < 1.29 is 14.3 Å². The van der Waals surface area contributed by atoms with Crippen molar-refractivity contribution in [2.45, 2.75) is 18.9 Å². The first kappa shape index (κ1) is 15.1. The number of hydrogen-bond donors (Lipinski definition) is 0. The number of aromatic nitrogens is 2. The van der Waals surface area contributed by atoms with Gasteiger partial charge in [-0.2, -0.15) is 0 Å². The van der Waals surface area contributed by atoms with Gasteiger partial charge in [-0.05, 0) is 18.9 Å². The van der Waals surface area contributed by atoms with E-state index in [0.717, 1.165) is 6.42 Å². The molecule has 6 nitrogen and oxygen atoms in total. The lowest BCUT2D eigenvalue weighted by Gasteiger charge is -2.22. The van der Waals surface area contributed by atoms with Crippen molar-refractivity contribution in [3.63, 3.8) is 0 Å². The van der Waals surface area contributed by atoms with Crippen LogP contribution in [0.5, 0.6) is 0 Å². The average Bonchev–Trinajstić information content (AvgIpc) is 3.11. The normalized spacial score (nSPS) is 17.0. The van der Waals surface area contributed by atoms with Crippen molar-refractivity contribution in [2.24, 2.45) is 0 Å². The quantitative estimate of drug-likeness (QED) is 0.620. The Kier molecular flexibility index (Phi) is 4.61. The number of rotatable bonds is 5. The van der Waals surface area contributed by atoms with Gasteiger partial charge in [-0.15, -0.1) is 0 Å². The molecule has 1 aliphatic heterocycles. The van der Waals surface area contributed by atoms with Gasteiger partial charge in [0.2, 0.25) is 5.95 Å². The minimum absolute atomic E-state index is 0.209. The number of nitrogens with zero attached hydrogens (tertiary/aromatic N) is 3. The van der Waals surface area contributed by atoms with E-state index in [1.807, 2.05) is 11.0 Å². The highest BCUT2D eigenvalue weighted by Gasteiger charge is 2.33. The first-order valence-electron chi connectivity index (χ1n) is 7.54. The molecule has 0 radical (unpaired) electrons. The number of esters is 1. The van der Waals surface area contributed by atoms with Crippen molar-refractivity contribution in [3.05, 3.63) is 54.4 Å². The zero-order chi connectivity index (χ0) is 16.1. The van der Waals surface area contributed by atoms with Gasteiger partial charge in [0.1, 0.15) is 6.04 Å². The molecule has 0 bridgehead atoms. The van der Waals surface area contributed by atoms with Crippen LogP contribution in [0, 0.1) is 0 Å². The predicted molar refractivity (Wildman–Crippen MR) is 84.1 cm³/mol. The number of anilines is 1. The second-order valence-corrected chi connectivity index (χ2v) is 5.30. The SMILES string of the molecule is O=C(COC(=O)C1CCCN1c1ncccn1)c1ccccc1. The van der Waals surface area contributed by atoms with Crippen LogP contribution in [0.1, 0.15) is 23.2 Å². The second kappa shape index (κ2) is 7.00. The zero-order valence-corrected chi connectivity index (χ0v) is 12.6.